The van der Waals surface area contributed by atoms with Gasteiger partial charge in [-0.2, -0.15) is 0 Å². The lowest BCUT2D eigenvalue weighted by atomic mass is 9.91. The molecule has 0 bridgehead atoms. The fraction of sp³-hybridized carbons (Fsp3) is 0.600. The predicted molar refractivity (Wildman–Crippen MR) is 128 cm³/mol. The van der Waals surface area contributed by atoms with Gasteiger partial charge in [0.25, 0.3) is 0 Å². The van der Waals surface area contributed by atoms with E-state index >= 15 is 0 Å². The minimum Gasteiger partial charge on any atom is -0.466 e. The molecule has 3 rings (SSSR count). The predicted octanol–water partition coefficient (Wildman–Crippen LogP) is 2.38. The fourth-order valence-corrected chi connectivity index (χ4v) is 5.58. The van der Waals surface area contributed by atoms with Crippen molar-refractivity contribution in [2.24, 2.45) is 0 Å². The summed E-state index contributed by atoms with van der Waals surface area (Å²) in [5.74, 6) is -3.80. The molecule has 2 saturated heterocycles. The molecule has 0 spiro atoms. The van der Waals surface area contributed by atoms with E-state index in [2.05, 4.69) is 0 Å². The van der Waals surface area contributed by atoms with Crippen molar-refractivity contribution >= 4 is 35.6 Å². The molecule has 2 aliphatic rings. The lowest BCUT2D eigenvalue weighted by Gasteiger charge is -2.47. The molecule has 1 aromatic carbocycles. The van der Waals surface area contributed by atoms with Gasteiger partial charge in [-0.15, -0.1) is 0 Å². The van der Waals surface area contributed by atoms with E-state index in [0.717, 1.165) is 11.8 Å². The summed E-state index contributed by atoms with van der Waals surface area (Å²) in [7, 11) is 1.20. The van der Waals surface area contributed by atoms with Crippen LogP contribution < -0.4 is 0 Å². The first-order chi connectivity index (χ1) is 17.4. The molecule has 11 nitrogen and oxygen atoms in total. The van der Waals surface area contributed by atoms with Crippen LogP contribution in [-0.4, -0.2) is 78.8 Å². The second-order valence-corrected chi connectivity index (χ2v) is 10.4. The zero-order chi connectivity index (χ0) is 27.4. The van der Waals surface area contributed by atoms with E-state index in [-0.39, 0.29) is 13.0 Å². The molecule has 1 aromatic rings. The van der Waals surface area contributed by atoms with Gasteiger partial charge in [-0.05, 0) is 26.0 Å². The number of hydrogen-bond donors (Lipinski definition) is 0. The Bertz CT molecular complexity index is 998. The van der Waals surface area contributed by atoms with E-state index in [1.807, 2.05) is 6.07 Å². The molecule has 0 aromatic heterocycles. The maximum atomic E-state index is 13.3. The van der Waals surface area contributed by atoms with Gasteiger partial charge in [0, 0.05) is 32.1 Å². The van der Waals surface area contributed by atoms with Crippen molar-refractivity contribution in [3.05, 3.63) is 30.3 Å². The van der Waals surface area contributed by atoms with E-state index in [1.165, 1.54) is 27.9 Å². The first-order valence-corrected chi connectivity index (χ1v) is 12.5. The second-order valence-electron chi connectivity index (χ2n) is 9.11. The number of rotatable bonds is 8. The summed E-state index contributed by atoms with van der Waals surface area (Å²) in [6.45, 7) is 6.98. The summed E-state index contributed by atoms with van der Waals surface area (Å²) in [5.41, 5.74) is 0. The number of carbonyl (C=O) groups is 4. The van der Waals surface area contributed by atoms with Crippen LogP contribution in [0.4, 0.5) is 0 Å². The van der Waals surface area contributed by atoms with Gasteiger partial charge in [0.05, 0.1) is 13.7 Å². The maximum Gasteiger partial charge on any atom is 0.349 e. The Hall–Kier alpha value is -2.67. The summed E-state index contributed by atoms with van der Waals surface area (Å²) >= 11 is 1.04. The first kappa shape index (κ1) is 28.9. The van der Waals surface area contributed by atoms with Crippen LogP contribution in [0.15, 0.2) is 35.2 Å². The van der Waals surface area contributed by atoms with E-state index in [9.17, 15) is 19.2 Å². The van der Waals surface area contributed by atoms with Gasteiger partial charge < -0.3 is 33.2 Å². The van der Waals surface area contributed by atoms with Gasteiger partial charge in [-0.25, -0.2) is 4.79 Å². The van der Waals surface area contributed by atoms with Crippen LogP contribution in [0.2, 0.25) is 0 Å². The quantitative estimate of drug-likeness (QED) is 0.354. The molecule has 0 aliphatic carbocycles. The highest BCUT2D eigenvalue weighted by Gasteiger charge is 2.60. The summed E-state index contributed by atoms with van der Waals surface area (Å²) < 4.78 is 39.9. The molecule has 0 saturated carbocycles. The Kier molecular flexibility index (Phi) is 9.22. The molecule has 2 aliphatic heterocycles. The highest BCUT2D eigenvalue weighted by Crippen LogP contribution is 2.47. The highest BCUT2D eigenvalue weighted by atomic mass is 32.2. The number of hydrogen-bond acceptors (Lipinski definition) is 12. The topological polar surface area (TPSA) is 133 Å². The summed E-state index contributed by atoms with van der Waals surface area (Å²) in [4.78, 5) is 48.6. The van der Waals surface area contributed by atoms with Crippen molar-refractivity contribution < 1.29 is 52.3 Å². The van der Waals surface area contributed by atoms with E-state index in [4.69, 9.17) is 33.2 Å². The third-order valence-corrected chi connectivity index (χ3v) is 6.92. The van der Waals surface area contributed by atoms with Gasteiger partial charge in [0.15, 0.2) is 18.0 Å². The number of thioether (sulfide) groups is 1. The van der Waals surface area contributed by atoms with Crippen molar-refractivity contribution in [2.75, 3.05) is 13.7 Å². The van der Waals surface area contributed by atoms with Crippen LogP contribution in [0, 0.1) is 0 Å². The van der Waals surface area contributed by atoms with Crippen LogP contribution in [-0.2, 0) is 52.3 Å². The molecule has 2 heterocycles. The molecular weight excluding hydrogens is 508 g/mol. The zero-order valence-corrected chi connectivity index (χ0v) is 22.4. The van der Waals surface area contributed by atoms with Crippen molar-refractivity contribution in [2.45, 2.75) is 87.2 Å². The van der Waals surface area contributed by atoms with Gasteiger partial charge in [0.1, 0.15) is 18.3 Å². The Morgan fingerprint density at radius 3 is 2.14 bits per heavy atom. The molecule has 0 unspecified atom stereocenters. The molecule has 6 atom stereocenters. The molecule has 12 heteroatoms. The molecular formula is C25H32O11S. The number of carbonyl (C=O) groups excluding carboxylic acids is 4. The Labute approximate surface area is 219 Å². The smallest absolute Gasteiger partial charge is 0.349 e. The zero-order valence-electron chi connectivity index (χ0n) is 21.6. The van der Waals surface area contributed by atoms with Crippen LogP contribution in [0.3, 0.4) is 0 Å². The van der Waals surface area contributed by atoms with Gasteiger partial charge >= 0.3 is 23.9 Å². The number of ether oxygens (including phenoxy) is 7. The molecule has 2 fully saturated rings. The Balaban J connectivity index is 2.14. The van der Waals surface area contributed by atoms with Crippen molar-refractivity contribution in [1.29, 1.82) is 0 Å². The monoisotopic (exact) mass is 540 g/mol. The van der Waals surface area contributed by atoms with E-state index < -0.39 is 65.1 Å². The molecule has 0 radical (unpaired) electrons. The van der Waals surface area contributed by atoms with Crippen LogP contribution in [0.5, 0.6) is 0 Å². The summed E-state index contributed by atoms with van der Waals surface area (Å²) in [6, 6.07) is 8.92. The third kappa shape index (κ3) is 7.22. The summed E-state index contributed by atoms with van der Waals surface area (Å²) in [6.07, 6.45) is -5.97. The van der Waals surface area contributed by atoms with Crippen LogP contribution in [0.25, 0.3) is 0 Å². The van der Waals surface area contributed by atoms with Gasteiger partial charge in [-0.1, -0.05) is 30.0 Å². The average molecular weight is 541 g/mol. The van der Waals surface area contributed by atoms with Gasteiger partial charge in [0.2, 0.25) is 4.93 Å². The SMILES string of the molecule is COC(=O)[C@]1(Sc2ccccc2)C[C@H](OC(C)=O)[C@@H](OC(C)=O)[C@H]([C@H](OC(C)=O)[C@H]2COC(C)(C)O2)O1. The van der Waals surface area contributed by atoms with E-state index in [0.29, 0.717) is 4.90 Å². The maximum absolute atomic E-state index is 13.3. The summed E-state index contributed by atoms with van der Waals surface area (Å²) in [5, 5.41) is 0. The minimum absolute atomic E-state index is 0.0207. The largest absolute Gasteiger partial charge is 0.466 e. The third-order valence-electron chi connectivity index (χ3n) is 5.65. The van der Waals surface area contributed by atoms with Crippen molar-refractivity contribution in [1.82, 2.24) is 0 Å². The minimum atomic E-state index is -1.76. The number of benzene rings is 1. The van der Waals surface area contributed by atoms with Crippen LogP contribution >= 0.6 is 11.8 Å². The van der Waals surface area contributed by atoms with Crippen LogP contribution in [0.1, 0.15) is 41.0 Å². The fourth-order valence-electron chi connectivity index (χ4n) is 4.33. The Morgan fingerprint density at radius 2 is 1.62 bits per heavy atom. The normalized spacial score (nSPS) is 29.6. The number of methoxy groups -OCH3 is 1. The van der Waals surface area contributed by atoms with Gasteiger partial charge in [-0.3, -0.25) is 14.4 Å². The Morgan fingerprint density at radius 1 is 0.973 bits per heavy atom. The second kappa shape index (κ2) is 11.8. The lowest BCUT2D eigenvalue weighted by Crippen LogP contribution is -2.64. The standard InChI is InChI=1S/C25H32O11S/c1-14(26)32-18-12-25(23(29)30-6,37-17-10-8-7-9-11-17)36-22(20(18)33-15(2)27)21(34-16(3)28)19-13-31-24(4,5)35-19/h7-11,18-22H,12-13H2,1-6H3/t18-,19+,20+,21+,22+,25+/m0/s1. The first-order valence-electron chi connectivity index (χ1n) is 11.7. The molecule has 0 N–H and O–H groups in total. The average Bonchev–Trinajstić information content (AvgIpc) is 3.17. The van der Waals surface area contributed by atoms with Crippen molar-refractivity contribution in [3.63, 3.8) is 0 Å². The highest BCUT2D eigenvalue weighted by molar-refractivity contribution is 8.01. The van der Waals surface area contributed by atoms with Crippen molar-refractivity contribution in [3.8, 4) is 0 Å². The van der Waals surface area contributed by atoms with E-state index in [1.54, 1.807) is 38.1 Å². The lowest BCUT2D eigenvalue weighted by molar-refractivity contribution is -0.250. The number of esters is 4. The molecule has 204 valence electrons. The molecule has 0 amide bonds. The molecule has 37 heavy (non-hydrogen) atoms.